The van der Waals surface area contributed by atoms with E-state index >= 15 is 0 Å². The minimum Gasteiger partial charge on any atom is -0.492 e. The Morgan fingerprint density at radius 3 is 2.65 bits per heavy atom. The van der Waals surface area contributed by atoms with E-state index in [0.717, 1.165) is 44.9 Å². The first-order valence-electron chi connectivity index (χ1n) is 8.36. The average molecular weight is 331 g/mol. The Labute approximate surface area is 142 Å². The molecule has 0 spiro atoms. The number of hydrogen-bond acceptors (Lipinski definition) is 5. The molecule has 5 heteroatoms. The zero-order valence-electron chi connectivity index (χ0n) is 14.0. The fourth-order valence-corrected chi connectivity index (χ4v) is 3.80. The third-order valence-corrected chi connectivity index (χ3v) is 5.37. The van der Waals surface area contributed by atoms with Crippen molar-refractivity contribution >= 4 is 17.0 Å². The van der Waals surface area contributed by atoms with Crippen LogP contribution in [0.25, 0.3) is 0 Å². The average Bonchev–Trinajstić information content (AvgIpc) is 2.99. The number of anilines is 1. The van der Waals surface area contributed by atoms with Crippen LogP contribution in [0, 0.1) is 6.92 Å². The molecule has 1 aromatic heterocycles. The summed E-state index contributed by atoms with van der Waals surface area (Å²) in [6.07, 6.45) is 1.12. The number of ether oxygens (including phenoxy) is 1. The molecule has 2 aromatic rings. The molecule has 0 saturated carbocycles. The highest BCUT2D eigenvalue weighted by atomic mass is 32.1. The van der Waals surface area contributed by atoms with Crippen LogP contribution in [0.15, 0.2) is 29.8 Å². The van der Waals surface area contributed by atoms with Crippen LogP contribution in [0.2, 0.25) is 0 Å². The fraction of sp³-hybridized carbons (Fsp3) is 0.500. The highest BCUT2D eigenvalue weighted by Crippen LogP contribution is 2.28. The van der Waals surface area contributed by atoms with Crippen molar-refractivity contribution in [2.24, 2.45) is 0 Å². The molecule has 124 valence electrons. The largest absolute Gasteiger partial charge is 0.492 e. The predicted molar refractivity (Wildman–Crippen MR) is 96.8 cm³/mol. The van der Waals surface area contributed by atoms with Gasteiger partial charge in [0.25, 0.3) is 0 Å². The van der Waals surface area contributed by atoms with Crippen LogP contribution in [0.3, 0.4) is 0 Å². The molecule has 0 unspecified atom stereocenters. The van der Waals surface area contributed by atoms with Crippen LogP contribution in [0.4, 0.5) is 5.69 Å². The molecular formula is C18H25N3OS. The second-order valence-electron chi connectivity index (χ2n) is 5.84. The van der Waals surface area contributed by atoms with E-state index < -0.39 is 0 Å². The van der Waals surface area contributed by atoms with Gasteiger partial charge in [-0.15, -0.1) is 11.3 Å². The Hall–Kier alpha value is -1.59. The van der Waals surface area contributed by atoms with Crippen molar-refractivity contribution in [3.8, 4) is 5.75 Å². The molecule has 1 aliphatic heterocycles. The second-order valence-corrected chi connectivity index (χ2v) is 6.78. The van der Waals surface area contributed by atoms with Gasteiger partial charge in [-0.05, 0) is 32.4 Å². The Morgan fingerprint density at radius 1 is 1.17 bits per heavy atom. The predicted octanol–water partition coefficient (Wildman–Crippen LogP) is 3.21. The zero-order chi connectivity index (χ0) is 16.1. The van der Waals surface area contributed by atoms with Gasteiger partial charge in [-0.25, -0.2) is 4.98 Å². The number of aryl methyl sites for hydroxylation is 1. The first-order chi connectivity index (χ1) is 11.3. The van der Waals surface area contributed by atoms with Gasteiger partial charge in [-0.1, -0.05) is 12.1 Å². The number of benzene rings is 1. The third kappa shape index (κ3) is 4.03. The SMILES string of the molecule is CCOc1ccccc1N1CCN(CCc2scnc2C)CC1. The van der Waals surface area contributed by atoms with Crippen molar-refractivity contribution in [3.05, 3.63) is 40.3 Å². The molecule has 1 fully saturated rings. The minimum atomic E-state index is 0.713. The Morgan fingerprint density at radius 2 is 1.96 bits per heavy atom. The summed E-state index contributed by atoms with van der Waals surface area (Å²) in [6.45, 7) is 10.3. The van der Waals surface area contributed by atoms with E-state index in [9.17, 15) is 0 Å². The van der Waals surface area contributed by atoms with Gasteiger partial charge >= 0.3 is 0 Å². The third-order valence-electron chi connectivity index (χ3n) is 4.38. The molecule has 1 aliphatic rings. The van der Waals surface area contributed by atoms with Gasteiger partial charge in [0.2, 0.25) is 0 Å². The maximum Gasteiger partial charge on any atom is 0.142 e. The number of piperazine rings is 1. The number of thiazole rings is 1. The normalized spacial score (nSPS) is 15.8. The van der Waals surface area contributed by atoms with Crippen molar-refractivity contribution in [3.63, 3.8) is 0 Å². The van der Waals surface area contributed by atoms with Crippen LogP contribution >= 0.6 is 11.3 Å². The van der Waals surface area contributed by atoms with E-state index in [1.807, 2.05) is 18.5 Å². The summed E-state index contributed by atoms with van der Waals surface area (Å²) in [5, 5.41) is 0. The lowest BCUT2D eigenvalue weighted by molar-refractivity contribution is 0.260. The molecular weight excluding hydrogens is 306 g/mol. The number of rotatable bonds is 6. The highest BCUT2D eigenvalue weighted by molar-refractivity contribution is 7.09. The monoisotopic (exact) mass is 331 g/mol. The van der Waals surface area contributed by atoms with E-state index in [-0.39, 0.29) is 0 Å². The summed E-state index contributed by atoms with van der Waals surface area (Å²) < 4.78 is 5.77. The van der Waals surface area contributed by atoms with Crippen molar-refractivity contribution in [2.75, 3.05) is 44.2 Å². The van der Waals surface area contributed by atoms with Crippen LogP contribution < -0.4 is 9.64 Å². The molecule has 23 heavy (non-hydrogen) atoms. The van der Waals surface area contributed by atoms with Crippen molar-refractivity contribution < 1.29 is 4.74 Å². The van der Waals surface area contributed by atoms with Gasteiger partial charge in [-0.2, -0.15) is 0 Å². The van der Waals surface area contributed by atoms with Gasteiger partial charge in [0.15, 0.2) is 0 Å². The van der Waals surface area contributed by atoms with E-state index in [0.29, 0.717) is 6.61 Å². The Balaban J connectivity index is 1.53. The van der Waals surface area contributed by atoms with Crippen LogP contribution in [0.5, 0.6) is 5.75 Å². The molecule has 2 heterocycles. The molecule has 3 rings (SSSR count). The molecule has 0 aliphatic carbocycles. The zero-order valence-corrected chi connectivity index (χ0v) is 14.8. The Kier molecular flexibility index (Phi) is 5.51. The maximum atomic E-state index is 5.77. The van der Waals surface area contributed by atoms with E-state index in [1.165, 1.54) is 16.3 Å². The molecule has 0 bridgehead atoms. The van der Waals surface area contributed by atoms with Crippen molar-refractivity contribution in [1.82, 2.24) is 9.88 Å². The number of hydrogen-bond donors (Lipinski definition) is 0. The molecule has 1 saturated heterocycles. The van der Waals surface area contributed by atoms with Gasteiger partial charge < -0.3 is 9.64 Å². The van der Waals surface area contributed by atoms with Crippen molar-refractivity contribution in [1.29, 1.82) is 0 Å². The fourth-order valence-electron chi connectivity index (χ4n) is 3.03. The first-order valence-corrected chi connectivity index (χ1v) is 9.24. The number of para-hydroxylation sites is 2. The summed E-state index contributed by atoms with van der Waals surface area (Å²) in [4.78, 5) is 10.8. The van der Waals surface area contributed by atoms with Crippen LogP contribution in [-0.2, 0) is 6.42 Å². The van der Waals surface area contributed by atoms with E-state index in [1.54, 1.807) is 11.3 Å². The Bertz CT molecular complexity index is 620. The maximum absolute atomic E-state index is 5.77. The van der Waals surface area contributed by atoms with Crippen molar-refractivity contribution in [2.45, 2.75) is 20.3 Å². The van der Waals surface area contributed by atoms with Crippen LogP contribution in [-0.4, -0.2) is 49.2 Å². The quantitative estimate of drug-likeness (QED) is 0.813. The first kappa shape index (κ1) is 16.3. The molecule has 0 atom stereocenters. The standard InChI is InChI=1S/C18H25N3OS/c1-3-22-17-7-5-4-6-16(17)21-12-10-20(11-13-21)9-8-18-15(2)19-14-23-18/h4-7,14H,3,8-13H2,1-2H3. The topological polar surface area (TPSA) is 28.6 Å². The van der Waals surface area contributed by atoms with E-state index in [2.05, 4.69) is 39.9 Å². The molecule has 1 aromatic carbocycles. The summed E-state index contributed by atoms with van der Waals surface area (Å²) in [7, 11) is 0. The van der Waals surface area contributed by atoms with Gasteiger partial charge in [0.05, 0.1) is 23.5 Å². The summed E-state index contributed by atoms with van der Waals surface area (Å²) in [5.41, 5.74) is 4.37. The molecule has 0 radical (unpaired) electrons. The minimum absolute atomic E-state index is 0.713. The highest BCUT2D eigenvalue weighted by Gasteiger charge is 2.19. The summed E-state index contributed by atoms with van der Waals surface area (Å²) in [5.74, 6) is 1.00. The molecule has 0 N–H and O–H groups in total. The number of aromatic nitrogens is 1. The lowest BCUT2D eigenvalue weighted by Gasteiger charge is -2.36. The smallest absolute Gasteiger partial charge is 0.142 e. The number of nitrogens with zero attached hydrogens (tertiary/aromatic N) is 3. The van der Waals surface area contributed by atoms with E-state index in [4.69, 9.17) is 4.74 Å². The summed E-state index contributed by atoms with van der Waals surface area (Å²) >= 11 is 1.78. The lowest BCUT2D eigenvalue weighted by Crippen LogP contribution is -2.47. The van der Waals surface area contributed by atoms with Gasteiger partial charge in [0, 0.05) is 37.6 Å². The summed E-state index contributed by atoms with van der Waals surface area (Å²) in [6, 6.07) is 8.37. The second kappa shape index (κ2) is 7.79. The molecule has 4 nitrogen and oxygen atoms in total. The lowest BCUT2D eigenvalue weighted by atomic mass is 10.2. The molecule has 0 amide bonds. The van der Waals surface area contributed by atoms with Gasteiger partial charge in [0.1, 0.15) is 5.75 Å². The van der Waals surface area contributed by atoms with Gasteiger partial charge in [-0.3, -0.25) is 4.90 Å². The van der Waals surface area contributed by atoms with Crippen LogP contribution in [0.1, 0.15) is 17.5 Å².